The van der Waals surface area contributed by atoms with E-state index in [1.54, 1.807) is 14.2 Å². The first kappa shape index (κ1) is 13.0. The lowest BCUT2D eigenvalue weighted by molar-refractivity contribution is 0.346. The van der Waals surface area contributed by atoms with Gasteiger partial charge in [0.25, 0.3) is 0 Å². The molecule has 1 aliphatic heterocycles. The SMILES string of the molecule is COc1ccc2c(c1OC)CC(c1ccccc1)NC2. The third kappa shape index (κ3) is 2.25. The summed E-state index contributed by atoms with van der Waals surface area (Å²) in [6.45, 7) is 0.856. The number of methoxy groups -OCH3 is 2. The second-order valence-corrected chi connectivity index (χ2v) is 4.99. The zero-order valence-electron chi connectivity index (χ0n) is 11.8. The van der Waals surface area contributed by atoms with Crippen LogP contribution in [0.3, 0.4) is 0 Å². The van der Waals surface area contributed by atoms with Crippen LogP contribution in [0.4, 0.5) is 0 Å². The van der Waals surface area contributed by atoms with E-state index in [0.717, 1.165) is 24.5 Å². The Morgan fingerprint density at radius 2 is 1.80 bits per heavy atom. The molecule has 2 aromatic carbocycles. The van der Waals surface area contributed by atoms with E-state index in [1.165, 1.54) is 16.7 Å². The molecule has 0 saturated carbocycles. The first-order valence-corrected chi connectivity index (χ1v) is 6.84. The van der Waals surface area contributed by atoms with Gasteiger partial charge in [-0.1, -0.05) is 36.4 Å². The van der Waals surface area contributed by atoms with Crippen molar-refractivity contribution in [1.29, 1.82) is 0 Å². The Kier molecular flexibility index (Phi) is 3.61. The van der Waals surface area contributed by atoms with Crippen LogP contribution in [0.2, 0.25) is 0 Å². The Morgan fingerprint density at radius 1 is 1.00 bits per heavy atom. The van der Waals surface area contributed by atoms with Gasteiger partial charge in [0.2, 0.25) is 0 Å². The van der Waals surface area contributed by atoms with E-state index < -0.39 is 0 Å². The minimum Gasteiger partial charge on any atom is -0.493 e. The average molecular weight is 269 g/mol. The highest BCUT2D eigenvalue weighted by Gasteiger charge is 2.24. The molecule has 3 rings (SSSR count). The second kappa shape index (κ2) is 5.55. The van der Waals surface area contributed by atoms with Crippen LogP contribution in [0.15, 0.2) is 42.5 Å². The average Bonchev–Trinajstić information content (AvgIpc) is 2.54. The van der Waals surface area contributed by atoms with Crippen LogP contribution in [0.1, 0.15) is 22.7 Å². The summed E-state index contributed by atoms with van der Waals surface area (Å²) in [5, 5.41) is 3.58. The summed E-state index contributed by atoms with van der Waals surface area (Å²) in [6.07, 6.45) is 0.916. The molecule has 1 aliphatic rings. The van der Waals surface area contributed by atoms with Gasteiger partial charge in [-0.2, -0.15) is 0 Å². The molecule has 0 amide bonds. The fraction of sp³-hybridized carbons (Fsp3) is 0.294. The summed E-state index contributed by atoms with van der Waals surface area (Å²) in [7, 11) is 3.39. The quantitative estimate of drug-likeness (QED) is 0.928. The summed E-state index contributed by atoms with van der Waals surface area (Å²) in [5.74, 6) is 1.67. The molecule has 0 radical (unpaired) electrons. The van der Waals surface area contributed by atoms with Crippen molar-refractivity contribution >= 4 is 0 Å². The molecule has 104 valence electrons. The second-order valence-electron chi connectivity index (χ2n) is 4.99. The van der Waals surface area contributed by atoms with E-state index in [4.69, 9.17) is 9.47 Å². The lowest BCUT2D eigenvalue weighted by atomic mass is 9.91. The molecule has 1 unspecified atom stereocenters. The molecule has 0 spiro atoms. The minimum atomic E-state index is 0.324. The maximum atomic E-state index is 5.57. The number of hydrogen-bond donors (Lipinski definition) is 1. The number of rotatable bonds is 3. The number of hydrogen-bond acceptors (Lipinski definition) is 3. The van der Waals surface area contributed by atoms with Crippen molar-refractivity contribution in [3.05, 3.63) is 59.2 Å². The van der Waals surface area contributed by atoms with Gasteiger partial charge in [-0.25, -0.2) is 0 Å². The standard InChI is InChI=1S/C17H19NO2/c1-19-16-9-8-13-11-18-15(10-14(13)17(16)20-2)12-6-4-3-5-7-12/h3-9,15,18H,10-11H2,1-2H3. The number of benzene rings is 2. The highest BCUT2D eigenvalue weighted by molar-refractivity contribution is 5.52. The molecule has 0 aliphatic carbocycles. The highest BCUT2D eigenvalue weighted by Crippen LogP contribution is 2.38. The highest BCUT2D eigenvalue weighted by atomic mass is 16.5. The van der Waals surface area contributed by atoms with Crippen molar-refractivity contribution in [2.75, 3.05) is 14.2 Å². The molecule has 3 heteroatoms. The lowest BCUT2D eigenvalue weighted by Crippen LogP contribution is -2.28. The van der Waals surface area contributed by atoms with Gasteiger partial charge in [-0.15, -0.1) is 0 Å². The van der Waals surface area contributed by atoms with Crippen molar-refractivity contribution < 1.29 is 9.47 Å². The normalized spacial score (nSPS) is 17.4. The van der Waals surface area contributed by atoms with Crippen LogP contribution >= 0.6 is 0 Å². The zero-order chi connectivity index (χ0) is 13.9. The maximum absolute atomic E-state index is 5.57. The van der Waals surface area contributed by atoms with Crippen molar-refractivity contribution in [2.24, 2.45) is 0 Å². The topological polar surface area (TPSA) is 30.5 Å². The van der Waals surface area contributed by atoms with Gasteiger partial charge in [-0.3, -0.25) is 0 Å². The molecule has 2 aromatic rings. The minimum absolute atomic E-state index is 0.324. The van der Waals surface area contributed by atoms with E-state index in [9.17, 15) is 0 Å². The number of ether oxygens (including phenoxy) is 2. The number of nitrogens with one attached hydrogen (secondary N) is 1. The molecule has 1 N–H and O–H groups in total. The zero-order valence-corrected chi connectivity index (χ0v) is 11.8. The first-order chi connectivity index (χ1) is 9.83. The first-order valence-electron chi connectivity index (χ1n) is 6.84. The third-order valence-electron chi connectivity index (χ3n) is 3.89. The van der Waals surface area contributed by atoms with E-state index in [0.29, 0.717) is 6.04 Å². The molecule has 0 fully saturated rings. The van der Waals surface area contributed by atoms with Crippen LogP contribution in [0, 0.1) is 0 Å². The Labute approximate surface area is 119 Å². The molecule has 20 heavy (non-hydrogen) atoms. The smallest absolute Gasteiger partial charge is 0.164 e. The largest absolute Gasteiger partial charge is 0.493 e. The number of fused-ring (bicyclic) bond motifs is 1. The monoisotopic (exact) mass is 269 g/mol. The van der Waals surface area contributed by atoms with Crippen LogP contribution in [0.5, 0.6) is 11.5 Å². The molecule has 0 saturated heterocycles. The predicted molar refractivity (Wildman–Crippen MR) is 79.3 cm³/mol. The summed E-state index contributed by atoms with van der Waals surface area (Å²) in [6, 6.07) is 14.9. The van der Waals surface area contributed by atoms with Crippen LogP contribution in [0.25, 0.3) is 0 Å². The summed E-state index contributed by atoms with van der Waals surface area (Å²) >= 11 is 0. The van der Waals surface area contributed by atoms with Gasteiger partial charge in [-0.05, 0) is 23.6 Å². The molecule has 3 nitrogen and oxygen atoms in total. The van der Waals surface area contributed by atoms with Gasteiger partial charge >= 0.3 is 0 Å². The summed E-state index contributed by atoms with van der Waals surface area (Å²) < 4.78 is 11.0. The van der Waals surface area contributed by atoms with Crippen molar-refractivity contribution in [2.45, 2.75) is 19.0 Å². The molecule has 0 aromatic heterocycles. The molecule has 1 atom stereocenters. The van der Waals surface area contributed by atoms with Crippen molar-refractivity contribution in [3.8, 4) is 11.5 Å². The Hall–Kier alpha value is -2.00. The van der Waals surface area contributed by atoms with E-state index in [2.05, 4.69) is 35.6 Å². The van der Waals surface area contributed by atoms with Gasteiger partial charge in [0.05, 0.1) is 14.2 Å². The Balaban J connectivity index is 1.97. The molecule has 0 bridgehead atoms. The molecular formula is C17H19NO2. The Morgan fingerprint density at radius 3 is 2.50 bits per heavy atom. The maximum Gasteiger partial charge on any atom is 0.164 e. The molecular weight excluding hydrogens is 250 g/mol. The summed E-state index contributed by atoms with van der Waals surface area (Å²) in [5.41, 5.74) is 3.84. The third-order valence-corrected chi connectivity index (χ3v) is 3.89. The van der Waals surface area contributed by atoms with Crippen LogP contribution in [-0.2, 0) is 13.0 Å². The Bertz CT molecular complexity index is 595. The van der Waals surface area contributed by atoms with Crippen molar-refractivity contribution in [1.82, 2.24) is 5.32 Å². The van der Waals surface area contributed by atoms with E-state index >= 15 is 0 Å². The molecule has 1 heterocycles. The van der Waals surface area contributed by atoms with Crippen LogP contribution in [-0.4, -0.2) is 14.2 Å². The van der Waals surface area contributed by atoms with Gasteiger partial charge in [0.1, 0.15) is 0 Å². The summed E-state index contributed by atoms with van der Waals surface area (Å²) in [4.78, 5) is 0. The van der Waals surface area contributed by atoms with Crippen LogP contribution < -0.4 is 14.8 Å². The fourth-order valence-corrected chi connectivity index (χ4v) is 2.85. The van der Waals surface area contributed by atoms with E-state index in [-0.39, 0.29) is 0 Å². The van der Waals surface area contributed by atoms with E-state index in [1.807, 2.05) is 12.1 Å². The predicted octanol–water partition coefficient (Wildman–Crippen LogP) is 3.09. The fourth-order valence-electron chi connectivity index (χ4n) is 2.85. The van der Waals surface area contributed by atoms with Gasteiger partial charge in [0, 0.05) is 18.2 Å². The van der Waals surface area contributed by atoms with Gasteiger partial charge < -0.3 is 14.8 Å². The van der Waals surface area contributed by atoms with Gasteiger partial charge in [0.15, 0.2) is 11.5 Å². The van der Waals surface area contributed by atoms with Crippen molar-refractivity contribution in [3.63, 3.8) is 0 Å². The lowest BCUT2D eigenvalue weighted by Gasteiger charge is -2.28.